The molecule has 0 fully saturated rings. The maximum Gasteiger partial charge on any atom is 0.330 e. The zero-order chi connectivity index (χ0) is 8.69. The van der Waals surface area contributed by atoms with E-state index in [0.717, 1.165) is 12.8 Å². The summed E-state index contributed by atoms with van der Waals surface area (Å²) in [5, 5.41) is 8.47. The molecule has 3 nitrogen and oxygen atoms in total. The van der Waals surface area contributed by atoms with Gasteiger partial charge in [0, 0.05) is 5.57 Å². The molecule has 0 aromatic rings. The first-order valence-electron chi connectivity index (χ1n) is 4.08. The number of rotatable bonds is 5. The van der Waals surface area contributed by atoms with Gasteiger partial charge in [0.05, 0.1) is 0 Å². The quantitative estimate of drug-likeness (QED) is 0.558. The number of carboxylic acids is 1. The fourth-order valence-corrected chi connectivity index (χ4v) is 0.800. The van der Waals surface area contributed by atoms with E-state index in [1.807, 2.05) is 0 Å². The minimum absolute atomic E-state index is 0. The van der Waals surface area contributed by atoms with Crippen LogP contribution in [0.5, 0.6) is 0 Å². The topological polar surface area (TPSA) is 68.8 Å². The molecule has 13 heavy (non-hydrogen) atoms. The molecular formula is C9H19ClO3. The highest BCUT2D eigenvalue weighted by atomic mass is 35.5. The molecule has 0 saturated carbocycles. The van der Waals surface area contributed by atoms with Crippen molar-refractivity contribution >= 4 is 18.4 Å². The number of allylic oxidation sites excluding steroid dienone is 1. The van der Waals surface area contributed by atoms with E-state index in [1.165, 1.54) is 12.8 Å². The normalized spacial score (nSPS) is 9.85. The first kappa shape index (κ1) is 18.3. The zero-order valence-electron chi connectivity index (χ0n) is 8.17. The summed E-state index contributed by atoms with van der Waals surface area (Å²) in [5.74, 6) is -0.804. The largest absolute Gasteiger partial charge is 0.478 e. The maximum atomic E-state index is 10.3. The summed E-state index contributed by atoms with van der Waals surface area (Å²) in [6.07, 6.45) is 6.15. The van der Waals surface area contributed by atoms with Crippen LogP contribution in [0.1, 0.15) is 39.5 Å². The van der Waals surface area contributed by atoms with Gasteiger partial charge in [-0.1, -0.05) is 25.8 Å². The molecule has 0 aromatic heterocycles. The average Bonchev–Trinajstić information content (AvgIpc) is 1.97. The Morgan fingerprint density at radius 3 is 2.31 bits per heavy atom. The molecule has 0 heterocycles. The third kappa shape index (κ3) is 11.5. The summed E-state index contributed by atoms with van der Waals surface area (Å²) < 4.78 is 0. The molecule has 0 atom stereocenters. The Morgan fingerprint density at radius 1 is 1.38 bits per heavy atom. The number of unbranched alkanes of at least 4 members (excludes halogenated alkanes) is 3. The lowest BCUT2D eigenvalue weighted by Gasteiger charge is -1.93. The van der Waals surface area contributed by atoms with E-state index in [4.69, 9.17) is 5.11 Å². The van der Waals surface area contributed by atoms with Gasteiger partial charge in [0.15, 0.2) is 0 Å². The molecule has 0 bridgehead atoms. The van der Waals surface area contributed by atoms with Crippen LogP contribution in [0.3, 0.4) is 0 Å². The predicted molar refractivity (Wildman–Crippen MR) is 56.4 cm³/mol. The van der Waals surface area contributed by atoms with Gasteiger partial charge in [-0.25, -0.2) is 4.79 Å². The van der Waals surface area contributed by atoms with Gasteiger partial charge in [-0.05, 0) is 19.8 Å². The van der Waals surface area contributed by atoms with Crippen molar-refractivity contribution in [2.45, 2.75) is 39.5 Å². The maximum absolute atomic E-state index is 10.3. The summed E-state index contributed by atoms with van der Waals surface area (Å²) in [4.78, 5) is 10.3. The van der Waals surface area contributed by atoms with Crippen molar-refractivity contribution in [1.29, 1.82) is 0 Å². The van der Waals surface area contributed by atoms with Gasteiger partial charge in [-0.3, -0.25) is 0 Å². The Morgan fingerprint density at radius 2 is 1.92 bits per heavy atom. The van der Waals surface area contributed by atoms with Gasteiger partial charge in [0.25, 0.3) is 0 Å². The minimum Gasteiger partial charge on any atom is -0.478 e. The monoisotopic (exact) mass is 210 g/mol. The first-order valence-corrected chi connectivity index (χ1v) is 4.08. The first-order chi connectivity index (χ1) is 5.18. The Hall–Kier alpha value is -0.540. The SMILES string of the molecule is CCCCCC=C(C)C(=O)O.Cl.O. The van der Waals surface area contributed by atoms with E-state index >= 15 is 0 Å². The van der Waals surface area contributed by atoms with E-state index < -0.39 is 5.97 Å². The second-order valence-electron chi connectivity index (χ2n) is 2.69. The lowest BCUT2D eigenvalue weighted by atomic mass is 10.1. The highest BCUT2D eigenvalue weighted by molar-refractivity contribution is 5.85. The molecule has 0 aliphatic rings. The fraction of sp³-hybridized carbons (Fsp3) is 0.667. The molecule has 80 valence electrons. The Labute approximate surface area is 85.6 Å². The lowest BCUT2D eigenvalue weighted by Crippen LogP contribution is -1.95. The summed E-state index contributed by atoms with van der Waals surface area (Å²) in [6, 6.07) is 0. The molecule has 0 aliphatic carbocycles. The van der Waals surface area contributed by atoms with Crippen LogP contribution in [-0.4, -0.2) is 16.6 Å². The average molecular weight is 211 g/mol. The predicted octanol–water partition coefficient (Wildman–Crippen LogP) is 2.19. The van der Waals surface area contributed by atoms with Crippen LogP contribution >= 0.6 is 12.4 Å². The molecule has 3 N–H and O–H groups in total. The molecule has 0 rings (SSSR count). The van der Waals surface area contributed by atoms with E-state index in [2.05, 4.69) is 6.92 Å². The van der Waals surface area contributed by atoms with Crippen molar-refractivity contribution in [3.8, 4) is 0 Å². The van der Waals surface area contributed by atoms with Crippen LogP contribution in [0.25, 0.3) is 0 Å². The number of carboxylic acid groups (broad SMARTS) is 1. The van der Waals surface area contributed by atoms with Crippen LogP contribution in [-0.2, 0) is 4.79 Å². The Kier molecular flexibility index (Phi) is 16.1. The molecule has 0 aromatic carbocycles. The van der Waals surface area contributed by atoms with E-state index in [1.54, 1.807) is 13.0 Å². The van der Waals surface area contributed by atoms with Gasteiger partial charge >= 0.3 is 5.97 Å². The number of aliphatic carboxylic acids is 1. The Bertz CT molecular complexity index is 155. The third-order valence-electron chi connectivity index (χ3n) is 1.60. The van der Waals surface area contributed by atoms with Gasteiger partial charge in [-0.15, -0.1) is 12.4 Å². The second kappa shape index (κ2) is 11.5. The summed E-state index contributed by atoms with van der Waals surface area (Å²) in [5.41, 5.74) is 0.459. The fourth-order valence-electron chi connectivity index (χ4n) is 0.800. The lowest BCUT2D eigenvalue weighted by molar-refractivity contribution is -0.132. The van der Waals surface area contributed by atoms with E-state index in [-0.39, 0.29) is 17.9 Å². The van der Waals surface area contributed by atoms with Crippen molar-refractivity contribution in [3.05, 3.63) is 11.6 Å². The van der Waals surface area contributed by atoms with Crippen LogP contribution in [0.4, 0.5) is 0 Å². The highest BCUT2D eigenvalue weighted by Gasteiger charge is 1.96. The number of hydrogen-bond donors (Lipinski definition) is 1. The molecule has 0 aliphatic heterocycles. The number of hydrogen-bond acceptors (Lipinski definition) is 1. The van der Waals surface area contributed by atoms with Gasteiger partial charge in [-0.2, -0.15) is 0 Å². The smallest absolute Gasteiger partial charge is 0.330 e. The summed E-state index contributed by atoms with van der Waals surface area (Å²) >= 11 is 0. The summed E-state index contributed by atoms with van der Waals surface area (Å²) in [6.45, 7) is 3.77. The van der Waals surface area contributed by atoms with Gasteiger partial charge in [0.1, 0.15) is 0 Å². The van der Waals surface area contributed by atoms with Crippen molar-refractivity contribution in [1.82, 2.24) is 0 Å². The number of halogens is 1. The van der Waals surface area contributed by atoms with Crippen molar-refractivity contribution in [2.24, 2.45) is 0 Å². The van der Waals surface area contributed by atoms with Crippen molar-refractivity contribution in [2.75, 3.05) is 0 Å². The summed E-state index contributed by atoms with van der Waals surface area (Å²) in [7, 11) is 0. The standard InChI is InChI=1S/C9H16O2.ClH.H2O/c1-3-4-5-6-7-8(2)9(10)11;;/h7H,3-6H2,1-2H3,(H,10,11);1H;1H2. The van der Waals surface area contributed by atoms with Crippen molar-refractivity contribution in [3.63, 3.8) is 0 Å². The molecular weight excluding hydrogens is 192 g/mol. The van der Waals surface area contributed by atoms with Gasteiger partial charge in [0.2, 0.25) is 0 Å². The second-order valence-corrected chi connectivity index (χ2v) is 2.69. The van der Waals surface area contributed by atoms with Crippen LogP contribution < -0.4 is 0 Å². The molecule has 0 amide bonds. The molecule has 0 saturated heterocycles. The van der Waals surface area contributed by atoms with E-state index in [9.17, 15) is 4.79 Å². The van der Waals surface area contributed by atoms with Gasteiger partial charge < -0.3 is 10.6 Å². The molecule has 0 spiro atoms. The third-order valence-corrected chi connectivity index (χ3v) is 1.60. The minimum atomic E-state index is -0.804. The van der Waals surface area contributed by atoms with Crippen LogP contribution in [0.15, 0.2) is 11.6 Å². The van der Waals surface area contributed by atoms with Crippen LogP contribution in [0.2, 0.25) is 0 Å². The molecule has 4 heteroatoms. The molecule has 0 radical (unpaired) electrons. The van der Waals surface area contributed by atoms with Crippen LogP contribution in [0, 0.1) is 0 Å². The zero-order valence-corrected chi connectivity index (χ0v) is 8.99. The Balaban J connectivity index is -0.000000500. The highest BCUT2D eigenvalue weighted by Crippen LogP contribution is 2.02. The molecule has 0 unspecified atom stereocenters. The van der Waals surface area contributed by atoms with Crippen molar-refractivity contribution < 1.29 is 15.4 Å². The number of carbonyl (C=O) groups is 1. The van der Waals surface area contributed by atoms with E-state index in [0.29, 0.717) is 5.57 Å².